The van der Waals surface area contributed by atoms with Crippen LogP contribution in [0.3, 0.4) is 0 Å². The van der Waals surface area contributed by atoms with Gasteiger partial charge < -0.3 is 0 Å². The highest BCUT2D eigenvalue weighted by Crippen LogP contribution is 2.16. The van der Waals surface area contributed by atoms with Crippen LogP contribution in [0.2, 0.25) is 0 Å². The second-order valence-corrected chi connectivity index (χ2v) is 5.82. The van der Waals surface area contributed by atoms with Crippen LogP contribution < -0.4 is 0 Å². The first-order valence-corrected chi connectivity index (χ1v) is 7.11. The molecule has 0 heterocycles. The molecule has 0 N–H and O–H groups in total. The van der Waals surface area contributed by atoms with E-state index in [2.05, 4.69) is 4.40 Å². The lowest BCUT2D eigenvalue weighted by atomic mass is 10.2. The molecule has 15 heavy (non-hydrogen) atoms. The Morgan fingerprint density at radius 1 is 1.33 bits per heavy atom. The maximum Gasteiger partial charge on any atom is 0.284 e. The van der Waals surface area contributed by atoms with Gasteiger partial charge in [0.05, 0.1) is 4.90 Å². The number of nitrogens with zero attached hydrogens (tertiary/aromatic N) is 1. The van der Waals surface area contributed by atoms with E-state index in [1.165, 1.54) is 12.1 Å². The van der Waals surface area contributed by atoms with Gasteiger partial charge in [0.2, 0.25) is 0 Å². The minimum Gasteiger partial charge on any atom is -0.199 e. The third-order valence-electron chi connectivity index (χ3n) is 1.68. The molecule has 3 nitrogen and oxygen atoms in total. The number of hydrogen-bond acceptors (Lipinski definition) is 3. The minimum atomic E-state index is -3.65. The summed E-state index contributed by atoms with van der Waals surface area (Å²) in [5.74, 6) is 0. The molecule has 6 heteroatoms. The van der Waals surface area contributed by atoms with Crippen LogP contribution in [-0.2, 0) is 10.0 Å². The van der Waals surface area contributed by atoms with E-state index in [9.17, 15) is 8.42 Å². The predicted octanol–water partition coefficient (Wildman–Crippen LogP) is 2.64. The summed E-state index contributed by atoms with van der Waals surface area (Å²) in [4.78, 5) is 0.153. The third kappa shape index (κ3) is 3.52. The fraction of sp³-hybridized carbons (Fsp3) is 0.222. The Balaban J connectivity index is 3.13. The fourth-order valence-corrected chi connectivity index (χ4v) is 2.53. The van der Waals surface area contributed by atoms with Crippen molar-refractivity contribution in [1.29, 1.82) is 0 Å². The van der Waals surface area contributed by atoms with Crippen LogP contribution >= 0.6 is 23.4 Å². The summed E-state index contributed by atoms with van der Waals surface area (Å²) in [5.41, 5.74) is 0.994. The average Bonchev–Trinajstić information content (AvgIpc) is 2.17. The van der Waals surface area contributed by atoms with Gasteiger partial charge in [0.1, 0.15) is 0 Å². The molecular weight excluding hydrogens is 254 g/mol. The molecule has 0 aliphatic rings. The molecule has 0 saturated heterocycles. The topological polar surface area (TPSA) is 46.5 Å². The van der Waals surface area contributed by atoms with E-state index in [-0.39, 0.29) is 9.40 Å². The SMILES string of the molecule is CSC(Cl)=NS(=O)(=O)c1ccc(C)cc1. The van der Waals surface area contributed by atoms with Crippen LogP contribution in [0.25, 0.3) is 0 Å². The van der Waals surface area contributed by atoms with Crippen LogP contribution in [0.15, 0.2) is 33.6 Å². The summed E-state index contributed by atoms with van der Waals surface area (Å²) in [6.07, 6.45) is 1.66. The fourth-order valence-electron chi connectivity index (χ4n) is 0.895. The van der Waals surface area contributed by atoms with Crippen molar-refractivity contribution in [3.05, 3.63) is 29.8 Å². The smallest absolute Gasteiger partial charge is 0.199 e. The van der Waals surface area contributed by atoms with Crippen molar-refractivity contribution in [3.63, 3.8) is 0 Å². The Kier molecular flexibility index (Phi) is 4.19. The van der Waals surface area contributed by atoms with Crippen molar-refractivity contribution < 1.29 is 8.42 Å². The molecule has 82 valence electrons. The Morgan fingerprint density at radius 2 is 1.87 bits per heavy atom. The second-order valence-electron chi connectivity index (χ2n) is 2.84. The van der Waals surface area contributed by atoms with E-state index in [4.69, 9.17) is 11.6 Å². The molecule has 0 aliphatic carbocycles. The lowest BCUT2D eigenvalue weighted by Gasteiger charge is -1.99. The number of rotatable bonds is 2. The summed E-state index contributed by atoms with van der Waals surface area (Å²) < 4.78 is 26.7. The molecule has 0 saturated carbocycles. The van der Waals surface area contributed by atoms with Crippen molar-refractivity contribution in [2.45, 2.75) is 11.8 Å². The highest BCUT2D eigenvalue weighted by Gasteiger charge is 2.12. The number of sulfonamides is 1. The molecule has 0 unspecified atom stereocenters. The number of hydrogen-bond donors (Lipinski definition) is 0. The first-order valence-electron chi connectivity index (χ1n) is 4.07. The van der Waals surface area contributed by atoms with Gasteiger partial charge in [0.25, 0.3) is 10.0 Å². The van der Waals surface area contributed by atoms with E-state index in [0.29, 0.717) is 0 Å². The van der Waals surface area contributed by atoms with E-state index in [1.54, 1.807) is 18.4 Å². The number of thioether (sulfide) groups is 1. The third-order valence-corrected chi connectivity index (χ3v) is 4.16. The molecule has 0 fully saturated rings. The molecule has 0 aromatic heterocycles. The monoisotopic (exact) mass is 263 g/mol. The summed E-state index contributed by atoms with van der Waals surface area (Å²) in [7, 11) is -3.65. The molecule has 0 atom stereocenters. The van der Waals surface area contributed by atoms with E-state index >= 15 is 0 Å². The zero-order valence-corrected chi connectivity index (χ0v) is 10.7. The minimum absolute atomic E-state index is 0.00979. The van der Waals surface area contributed by atoms with E-state index in [0.717, 1.165) is 17.3 Å². The van der Waals surface area contributed by atoms with Gasteiger partial charge in [0.15, 0.2) is 4.50 Å². The maximum atomic E-state index is 11.6. The molecular formula is C9H10ClNO2S2. The van der Waals surface area contributed by atoms with Crippen molar-refractivity contribution in [1.82, 2.24) is 0 Å². The number of benzene rings is 1. The lowest BCUT2D eigenvalue weighted by Crippen LogP contribution is -1.98. The van der Waals surface area contributed by atoms with Crippen molar-refractivity contribution >= 4 is 37.9 Å². The Labute approximate surface area is 98.6 Å². The van der Waals surface area contributed by atoms with Gasteiger partial charge in [-0.05, 0) is 25.3 Å². The zero-order chi connectivity index (χ0) is 11.5. The quantitative estimate of drug-likeness (QED) is 0.609. The predicted molar refractivity (Wildman–Crippen MR) is 65.2 cm³/mol. The summed E-state index contributed by atoms with van der Waals surface area (Å²) in [6.45, 7) is 1.88. The van der Waals surface area contributed by atoms with Crippen LogP contribution in [0.1, 0.15) is 5.56 Å². The standard InChI is InChI=1S/C9H10ClNO2S2/c1-7-3-5-8(6-4-7)15(12,13)11-9(10)14-2/h3-6H,1-2H3. The Morgan fingerprint density at radius 3 is 2.33 bits per heavy atom. The first kappa shape index (κ1) is 12.5. The van der Waals surface area contributed by atoms with Gasteiger partial charge in [-0.3, -0.25) is 0 Å². The molecule has 0 aliphatic heterocycles. The van der Waals surface area contributed by atoms with Crippen molar-refractivity contribution in [3.8, 4) is 0 Å². The van der Waals surface area contributed by atoms with E-state index < -0.39 is 10.0 Å². The van der Waals surface area contributed by atoms with E-state index in [1.807, 2.05) is 6.92 Å². The molecule has 1 aromatic rings. The van der Waals surface area contributed by atoms with Crippen molar-refractivity contribution in [2.75, 3.05) is 6.26 Å². The molecule has 0 amide bonds. The summed E-state index contributed by atoms with van der Waals surface area (Å²) >= 11 is 6.65. The molecule has 0 spiro atoms. The normalized spacial score (nSPS) is 12.9. The molecule has 0 radical (unpaired) electrons. The first-order chi connectivity index (χ1) is 6.95. The van der Waals surface area contributed by atoms with Gasteiger partial charge in [-0.25, -0.2) is 0 Å². The van der Waals surface area contributed by atoms with Crippen LogP contribution in [-0.4, -0.2) is 19.2 Å². The molecule has 1 rings (SSSR count). The highest BCUT2D eigenvalue weighted by atomic mass is 35.5. The van der Waals surface area contributed by atoms with Gasteiger partial charge in [-0.15, -0.1) is 4.40 Å². The van der Waals surface area contributed by atoms with Gasteiger partial charge in [0, 0.05) is 0 Å². The Hall–Kier alpha value is -0.520. The van der Waals surface area contributed by atoms with Crippen molar-refractivity contribution in [2.24, 2.45) is 4.40 Å². The zero-order valence-electron chi connectivity index (χ0n) is 8.27. The van der Waals surface area contributed by atoms with Crippen LogP contribution in [0.4, 0.5) is 0 Å². The van der Waals surface area contributed by atoms with Gasteiger partial charge in [-0.2, -0.15) is 8.42 Å². The van der Waals surface area contributed by atoms with Crippen LogP contribution in [0, 0.1) is 6.92 Å². The van der Waals surface area contributed by atoms with Gasteiger partial charge in [-0.1, -0.05) is 41.1 Å². The number of aryl methyl sites for hydroxylation is 1. The van der Waals surface area contributed by atoms with Crippen LogP contribution in [0.5, 0.6) is 0 Å². The average molecular weight is 264 g/mol. The lowest BCUT2D eigenvalue weighted by molar-refractivity contribution is 0.598. The Bertz CT molecular complexity index is 465. The largest absolute Gasteiger partial charge is 0.284 e. The maximum absolute atomic E-state index is 11.6. The molecule has 0 bridgehead atoms. The number of halogens is 1. The summed E-state index contributed by atoms with van der Waals surface area (Å²) in [5, 5.41) is 0. The second kappa shape index (κ2) is 5.01. The molecule has 1 aromatic carbocycles. The summed E-state index contributed by atoms with van der Waals surface area (Å²) in [6, 6.07) is 6.46. The van der Waals surface area contributed by atoms with Gasteiger partial charge >= 0.3 is 0 Å². The highest BCUT2D eigenvalue weighted by molar-refractivity contribution is 8.16.